The van der Waals surface area contributed by atoms with Crippen LogP contribution < -0.4 is 5.73 Å². The van der Waals surface area contributed by atoms with Gasteiger partial charge in [-0.3, -0.25) is 4.79 Å². The van der Waals surface area contributed by atoms with E-state index >= 15 is 0 Å². The van der Waals surface area contributed by atoms with Crippen LogP contribution in [-0.4, -0.2) is 19.1 Å². The highest BCUT2D eigenvalue weighted by Gasteiger charge is 2.37. The molecule has 0 aromatic rings. The molecule has 2 aliphatic carbocycles. The van der Waals surface area contributed by atoms with Crippen LogP contribution in [0.4, 0.5) is 0 Å². The van der Waals surface area contributed by atoms with E-state index < -0.39 is 0 Å². The number of carbonyl (C=O) groups excluding carboxylic acids is 1. The lowest BCUT2D eigenvalue weighted by atomic mass is 9.67. The smallest absolute Gasteiger partial charge is 0.308 e. The topological polar surface area (TPSA) is 52.3 Å². The Morgan fingerprint density at radius 3 is 2.21 bits per heavy atom. The summed E-state index contributed by atoms with van der Waals surface area (Å²) in [5.74, 6) is 1.47. The summed E-state index contributed by atoms with van der Waals surface area (Å²) in [6, 6.07) is 0.373. The summed E-state index contributed by atoms with van der Waals surface area (Å²) in [6.45, 7) is 0. The second-order valence-corrected chi connectivity index (χ2v) is 4.89. The van der Waals surface area contributed by atoms with E-state index in [0.717, 1.165) is 25.7 Å². The lowest BCUT2D eigenvalue weighted by molar-refractivity contribution is -0.148. The number of carbonyl (C=O) groups is 1. The van der Waals surface area contributed by atoms with Crippen molar-refractivity contribution in [2.45, 2.75) is 38.1 Å². The number of methoxy groups -OCH3 is 1. The molecule has 4 atom stereocenters. The molecule has 0 aliphatic heterocycles. The van der Waals surface area contributed by atoms with E-state index in [1.807, 2.05) is 0 Å². The Morgan fingerprint density at radius 2 is 1.71 bits per heavy atom. The van der Waals surface area contributed by atoms with Gasteiger partial charge in [0.2, 0.25) is 0 Å². The van der Waals surface area contributed by atoms with E-state index in [1.54, 1.807) is 0 Å². The standard InChI is InChI=1S/C11H19NO2/c1-14-11(13)9-3-7-2-8(4-9)6-10(12)5-7/h7-10H,2-6,12H2,1H3/t7-,8+,9?,10?. The quantitative estimate of drug-likeness (QED) is 0.645. The third-order valence-corrected chi connectivity index (χ3v) is 3.71. The molecule has 0 saturated heterocycles. The second-order valence-electron chi connectivity index (χ2n) is 4.89. The molecule has 2 aliphatic rings. The average molecular weight is 197 g/mol. The molecule has 3 heteroatoms. The molecule has 2 fully saturated rings. The van der Waals surface area contributed by atoms with Crippen LogP contribution in [0.3, 0.4) is 0 Å². The molecule has 0 aromatic carbocycles. The van der Waals surface area contributed by atoms with Crippen LogP contribution >= 0.6 is 0 Å². The summed E-state index contributed by atoms with van der Waals surface area (Å²) < 4.78 is 4.81. The molecule has 3 nitrogen and oxygen atoms in total. The van der Waals surface area contributed by atoms with Crippen LogP contribution in [0.1, 0.15) is 32.1 Å². The SMILES string of the molecule is COC(=O)C1C[C@H]2CC(N)C[C@@H](C1)C2. The van der Waals surface area contributed by atoms with Crippen molar-refractivity contribution in [3.05, 3.63) is 0 Å². The summed E-state index contributed by atoms with van der Waals surface area (Å²) in [4.78, 5) is 11.4. The zero-order valence-corrected chi connectivity index (χ0v) is 8.74. The van der Waals surface area contributed by atoms with Crippen molar-refractivity contribution >= 4 is 5.97 Å². The molecule has 2 rings (SSSR count). The predicted octanol–water partition coefficient (Wildman–Crippen LogP) is 1.31. The maximum absolute atomic E-state index is 11.4. The van der Waals surface area contributed by atoms with Gasteiger partial charge in [-0.05, 0) is 43.9 Å². The molecule has 2 saturated carbocycles. The first-order valence-corrected chi connectivity index (χ1v) is 5.52. The number of fused-ring (bicyclic) bond motifs is 2. The van der Waals surface area contributed by atoms with E-state index in [4.69, 9.17) is 10.5 Å². The van der Waals surface area contributed by atoms with Crippen LogP contribution in [0, 0.1) is 17.8 Å². The fraction of sp³-hybridized carbons (Fsp3) is 0.909. The van der Waals surface area contributed by atoms with Crippen LogP contribution in [-0.2, 0) is 9.53 Å². The van der Waals surface area contributed by atoms with Crippen LogP contribution in [0.15, 0.2) is 0 Å². The zero-order chi connectivity index (χ0) is 10.1. The molecule has 0 radical (unpaired) electrons. The molecule has 2 unspecified atom stereocenters. The van der Waals surface area contributed by atoms with Gasteiger partial charge in [0.25, 0.3) is 0 Å². The van der Waals surface area contributed by atoms with E-state index in [-0.39, 0.29) is 11.9 Å². The number of nitrogens with two attached hydrogens (primary N) is 1. The van der Waals surface area contributed by atoms with Gasteiger partial charge in [-0.1, -0.05) is 0 Å². The number of rotatable bonds is 1. The number of hydrogen-bond acceptors (Lipinski definition) is 3. The zero-order valence-electron chi connectivity index (χ0n) is 8.74. The van der Waals surface area contributed by atoms with Gasteiger partial charge >= 0.3 is 5.97 Å². The minimum absolute atomic E-state index is 0.0184. The van der Waals surface area contributed by atoms with Crippen LogP contribution in [0.2, 0.25) is 0 Å². The first-order valence-electron chi connectivity index (χ1n) is 5.52. The van der Waals surface area contributed by atoms with Crippen molar-refractivity contribution in [3.63, 3.8) is 0 Å². The lowest BCUT2D eigenvalue weighted by Gasteiger charge is -2.40. The molecule has 0 amide bonds. The molecule has 2 bridgehead atoms. The summed E-state index contributed by atoms with van der Waals surface area (Å²) in [5.41, 5.74) is 5.96. The van der Waals surface area contributed by atoms with Gasteiger partial charge in [-0.25, -0.2) is 0 Å². The second kappa shape index (κ2) is 3.89. The number of hydrogen-bond donors (Lipinski definition) is 1. The van der Waals surface area contributed by atoms with Gasteiger partial charge in [0.05, 0.1) is 13.0 Å². The van der Waals surface area contributed by atoms with E-state index in [9.17, 15) is 4.79 Å². The van der Waals surface area contributed by atoms with Gasteiger partial charge < -0.3 is 10.5 Å². The van der Waals surface area contributed by atoms with Gasteiger partial charge in [-0.2, -0.15) is 0 Å². The fourth-order valence-corrected chi connectivity index (χ4v) is 3.26. The van der Waals surface area contributed by atoms with E-state index in [1.165, 1.54) is 13.5 Å². The highest BCUT2D eigenvalue weighted by molar-refractivity contribution is 5.72. The van der Waals surface area contributed by atoms with Gasteiger partial charge in [0, 0.05) is 6.04 Å². The fourth-order valence-electron chi connectivity index (χ4n) is 3.26. The van der Waals surface area contributed by atoms with Crippen molar-refractivity contribution in [2.75, 3.05) is 7.11 Å². The highest BCUT2D eigenvalue weighted by atomic mass is 16.5. The Bertz CT molecular complexity index is 211. The summed E-state index contributed by atoms with van der Waals surface area (Å²) in [7, 11) is 1.48. The maximum Gasteiger partial charge on any atom is 0.308 e. The van der Waals surface area contributed by atoms with Gasteiger partial charge in [0.15, 0.2) is 0 Å². The first kappa shape index (κ1) is 9.97. The minimum atomic E-state index is -0.0184. The highest BCUT2D eigenvalue weighted by Crippen LogP contribution is 2.42. The van der Waals surface area contributed by atoms with Crippen LogP contribution in [0.5, 0.6) is 0 Å². The number of esters is 1. The molecule has 2 N–H and O–H groups in total. The molecule has 0 heterocycles. The Kier molecular flexibility index (Phi) is 2.77. The average Bonchev–Trinajstić information content (AvgIpc) is 2.14. The summed E-state index contributed by atoms with van der Waals surface area (Å²) >= 11 is 0. The Balaban J connectivity index is 1.98. The van der Waals surface area contributed by atoms with Crippen molar-refractivity contribution in [3.8, 4) is 0 Å². The minimum Gasteiger partial charge on any atom is -0.469 e. The first-order chi connectivity index (χ1) is 6.69. The van der Waals surface area contributed by atoms with E-state index in [0.29, 0.717) is 17.9 Å². The maximum atomic E-state index is 11.4. The molecule has 14 heavy (non-hydrogen) atoms. The largest absolute Gasteiger partial charge is 0.469 e. The van der Waals surface area contributed by atoms with Gasteiger partial charge in [-0.15, -0.1) is 0 Å². The van der Waals surface area contributed by atoms with Crippen molar-refractivity contribution < 1.29 is 9.53 Å². The van der Waals surface area contributed by atoms with Gasteiger partial charge in [0.1, 0.15) is 0 Å². The van der Waals surface area contributed by atoms with E-state index in [2.05, 4.69) is 0 Å². The Morgan fingerprint density at radius 1 is 1.14 bits per heavy atom. The Hall–Kier alpha value is -0.570. The lowest BCUT2D eigenvalue weighted by Crippen LogP contribution is -2.39. The Labute approximate surface area is 85.0 Å². The predicted molar refractivity (Wildman–Crippen MR) is 53.5 cm³/mol. The molecular formula is C11H19NO2. The molecule has 0 aromatic heterocycles. The third kappa shape index (κ3) is 1.92. The van der Waals surface area contributed by atoms with Crippen molar-refractivity contribution in [1.29, 1.82) is 0 Å². The van der Waals surface area contributed by atoms with Crippen molar-refractivity contribution in [2.24, 2.45) is 23.5 Å². The van der Waals surface area contributed by atoms with Crippen molar-refractivity contribution in [1.82, 2.24) is 0 Å². The monoisotopic (exact) mass is 197 g/mol. The normalized spacial score (nSPS) is 41.9. The number of ether oxygens (including phenoxy) is 1. The molecule has 0 spiro atoms. The summed E-state index contributed by atoms with van der Waals surface area (Å²) in [6.07, 6.45) is 5.48. The third-order valence-electron chi connectivity index (χ3n) is 3.71. The van der Waals surface area contributed by atoms with Crippen LogP contribution in [0.25, 0.3) is 0 Å². The molecule has 80 valence electrons. The summed E-state index contributed by atoms with van der Waals surface area (Å²) in [5, 5.41) is 0. The molecular weight excluding hydrogens is 178 g/mol.